The molecule has 140 valence electrons. The molecule has 2 aromatic rings. The van der Waals surface area contributed by atoms with Crippen LogP contribution < -0.4 is 0 Å². The zero-order valence-corrected chi connectivity index (χ0v) is 14.4. The van der Waals surface area contributed by atoms with Gasteiger partial charge < -0.3 is 29.9 Å². The van der Waals surface area contributed by atoms with Gasteiger partial charge in [0, 0.05) is 6.42 Å². The summed E-state index contributed by atoms with van der Waals surface area (Å²) in [4.78, 5) is 0. The molecule has 0 radical (unpaired) electrons. The van der Waals surface area contributed by atoms with E-state index in [0.29, 0.717) is 0 Å². The normalized spacial score (nSPS) is 31.2. The highest BCUT2D eigenvalue weighted by molar-refractivity contribution is 5.21. The van der Waals surface area contributed by atoms with Gasteiger partial charge in [0.25, 0.3) is 0 Å². The standard InChI is InChI=1S/C20H24O6/c21-12-17-19(23,11-15-7-3-1-4-8-15)18(22)20(24,26-17)14-25-13-16-9-5-2-6-10-16/h1-10,17-18,21-24H,11-14H2/t17-,18+,19-,20?/m1/s1. The van der Waals surface area contributed by atoms with Crippen molar-refractivity contribution in [2.45, 2.75) is 36.6 Å². The van der Waals surface area contributed by atoms with Gasteiger partial charge in [0.15, 0.2) is 0 Å². The molecule has 0 bridgehead atoms. The Labute approximate surface area is 152 Å². The Bertz CT molecular complexity index is 694. The number of benzene rings is 2. The maximum atomic E-state index is 11.0. The van der Waals surface area contributed by atoms with Gasteiger partial charge in [0.2, 0.25) is 5.79 Å². The lowest BCUT2D eigenvalue weighted by Crippen LogP contribution is -2.55. The van der Waals surface area contributed by atoms with Crippen LogP contribution in [0.1, 0.15) is 11.1 Å². The minimum atomic E-state index is -2.11. The molecule has 4 N–H and O–H groups in total. The first kappa shape index (κ1) is 19.0. The lowest BCUT2D eigenvalue weighted by molar-refractivity contribution is -0.257. The molecule has 3 rings (SSSR count). The highest BCUT2D eigenvalue weighted by Crippen LogP contribution is 2.39. The summed E-state index contributed by atoms with van der Waals surface area (Å²) >= 11 is 0. The first-order valence-corrected chi connectivity index (χ1v) is 8.55. The fraction of sp³-hybridized carbons (Fsp3) is 0.400. The molecule has 0 aliphatic carbocycles. The molecule has 0 saturated carbocycles. The molecule has 0 aromatic heterocycles. The van der Waals surface area contributed by atoms with Gasteiger partial charge in [-0.1, -0.05) is 60.7 Å². The van der Waals surface area contributed by atoms with Crippen LogP contribution in [0.3, 0.4) is 0 Å². The molecule has 4 atom stereocenters. The molecule has 1 aliphatic heterocycles. The maximum absolute atomic E-state index is 11.0. The van der Waals surface area contributed by atoms with Crippen LogP contribution in [0.15, 0.2) is 60.7 Å². The Morgan fingerprint density at radius 3 is 2.08 bits per heavy atom. The van der Waals surface area contributed by atoms with E-state index < -0.39 is 30.2 Å². The molecule has 26 heavy (non-hydrogen) atoms. The van der Waals surface area contributed by atoms with Crippen LogP contribution in [-0.4, -0.2) is 57.2 Å². The summed E-state index contributed by atoms with van der Waals surface area (Å²) < 4.78 is 10.9. The largest absolute Gasteiger partial charge is 0.394 e. The maximum Gasteiger partial charge on any atom is 0.219 e. The van der Waals surface area contributed by atoms with Crippen LogP contribution in [0.25, 0.3) is 0 Å². The van der Waals surface area contributed by atoms with Crippen LogP contribution in [0.2, 0.25) is 0 Å². The number of ether oxygens (including phenoxy) is 2. The van der Waals surface area contributed by atoms with Crippen molar-refractivity contribution in [3.63, 3.8) is 0 Å². The number of aliphatic hydroxyl groups is 4. The molecule has 1 unspecified atom stereocenters. The third-order valence-electron chi connectivity index (χ3n) is 4.72. The molecular formula is C20H24O6. The average Bonchev–Trinajstić information content (AvgIpc) is 2.84. The van der Waals surface area contributed by atoms with E-state index in [0.717, 1.165) is 11.1 Å². The topological polar surface area (TPSA) is 99.4 Å². The zero-order chi connectivity index (χ0) is 18.6. The smallest absolute Gasteiger partial charge is 0.219 e. The van der Waals surface area contributed by atoms with Gasteiger partial charge in [-0.15, -0.1) is 0 Å². The number of hydrogen-bond donors (Lipinski definition) is 4. The second-order valence-corrected chi connectivity index (χ2v) is 6.67. The molecule has 6 heteroatoms. The van der Waals surface area contributed by atoms with E-state index >= 15 is 0 Å². The number of rotatable bonds is 7. The summed E-state index contributed by atoms with van der Waals surface area (Å²) in [5, 5.41) is 41.9. The van der Waals surface area contributed by atoms with Crippen LogP contribution in [-0.2, 0) is 22.5 Å². The van der Waals surface area contributed by atoms with Gasteiger partial charge in [-0.3, -0.25) is 0 Å². The second-order valence-electron chi connectivity index (χ2n) is 6.67. The van der Waals surface area contributed by atoms with E-state index in [1.54, 1.807) is 12.1 Å². The van der Waals surface area contributed by atoms with E-state index in [-0.39, 0.29) is 19.6 Å². The molecule has 1 saturated heterocycles. The fourth-order valence-electron chi connectivity index (χ4n) is 3.31. The summed E-state index contributed by atoms with van der Waals surface area (Å²) in [6.07, 6.45) is -2.74. The summed E-state index contributed by atoms with van der Waals surface area (Å²) in [6, 6.07) is 18.4. The molecule has 2 aromatic carbocycles. The summed E-state index contributed by atoms with van der Waals surface area (Å²) in [7, 11) is 0. The quantitative estimate of drug-likeness (QED) is 0.578. The van der Waals surface area contributed by atoms with Crippen LogP contribution in [0.4, 0.5) is 0 Å². The van der Waals surface area contributed by atoms with Crippen molar-refractivity contribution >= 4 is 0 Å². The van der Waals surface area contributed by atoms with Gasteiger partial charge in [0.05, 0.1) is 13.2 Å². The van der Waals surface area contributed by atoms with Gasteiger partial charge in [-0.05, 0) is 11.1 Å². The first-order chi connectivity index (χ1) is 12.5. The molecule has 6 nitrogen and oxygen atoms in total. The van der Waals surface area contributed by atoms with Crippen molar-refractivity contribution in [2.24, 2.45) is 0 Å². The predicted octanol–water partition coefficient (Wildman–Crippen LogP) is 0.618. The van der Waals surface area contributed by atoms with E-state index in [2.05, 4.69) is 0 Å². The van der Waals surface area contributed by atoms with E-state index in [1.807, 2.05) is 48.5 Å². The third-order valence-corrected chi connectivity index (χ3v) is 4.72. The predicted molar refractivity (Wildman–Crippen MR) is 94.1 cm³/mol. The number of aliphatic hydroxyl groups excluding tert-OH is 2. The highest BCUT2D eigenvalue weighted by atomic mass is 16.7. The molecule has 1 heterocycles. The Balaban J connectivity index is 1.70. The molecule has 0 spiro atoms. The van der Waals surface area contributed by atoms with Crippen molar-refractivity contribution < 1.29 is 29.9 Å². The van der Waals surface area contributed by atoms with Crippen molar-refractivity contribution in [2.75, 3.05) is 13.2 Å². The van der Waals surface area contributed by atoms with Gasteiger partial charge >= 0.3 is 0 Å². The zero-order valence-electron chi connectivity index (χ0n) is 14.4. The Morgan fingerprint density at radius 1 is 0.923 bits per heavy atom. The fourth-order valence-corrected chi connectivity index (χ4v) is 3.31. The van der Waals surface area contributed by atoms with Crippen molar-refractivity contribution in [1.29, 1.82) is 0 Å². The monoisotopic (exact) mass is 360 g/mol. The molecule has 0 amide bonds. The van der Waals surface area contributed by atoms with E-state index in [4.69, 9.17) is 9.47 Å². The number of hydrogen-bond acceptors (Lipinski definition) is 6. The molecule has 1 fully saturated rings. The first-order valence-electron chi connectivity index (χ1n) is 8.55. The highest BCUT2D eigenvalue weighted by Gasteiger charge is 2.62. The lowest BCUT2D eigenvalue weighted by Gasteiger charge is -2.32. The molecular weight excluding hydrogens is 336 g/mol. The summed E-state index contributed by atoms with van der Waals surface area (Å²) in [5.74, 6) is -2.11. The Hall–Kier alpha value is -1.80. The van der Waals surface area contributed by atoms with Gasteiger partial charge in [0.1, 0.15) is 24.4 Å². The lowest BCUT2D eigenvalue weighted by atomic mass is 9.83. The minimum absolute atomic E-state index is 0.0290. The SMILES string of the molecule is OC[C@H]1OC(O)(COCc2ccccc2)[C@@H](O)[C@@]1(O)Cc1ccccc1. The van der Waals surface area contributed by atoms with E-state index in [1.165, 1.54) is 0 Å². The molecule has 1 aliphatic rings. The second kappa shape index (κ2) is 7.84. The van der Waals surface area contributed by atoms with E-state index in [9.17, 15) is 20.4 Å². The third kappa shape index (κ3) is 3.81. The Kier molecular flexibility index (Phi) is 5.72. The van der Waals surface area contributed by atoms with Crippen LogP contribution >= 0.6 is 0 Å². The van der Waals surface area contributed by atoms with Crippen LogP contribution in [0, 0.1) is 0 Å². The van der Waals surface area contributed by atoms with Gasteiger partial charge in [-0.2, -0.15) is 0 Å². The van der Waals surface area contributed by atoms with Crippen molar-refractivity contribution in [3.8, 4) is 0 Å². The van der Waals surface area contributed by atoms with Crippen molar-refractivity contribution in [1.82, 2.24) is 0 Å². The van der Waals surface area contributed by atoms with Crippen molar-refractivity contribution in [3.05, 3.63) is 71.8 Å². The summed E-state index contributed by atoms with van der Waals surface area (Å²) in [6.45, 7) is -0.655. The average molecular weight is 360 g/mol. The minimum Gasteiger partial charge on any atom is -0.394 e. The summed E-state index contributed by atoms with van der Waals surface area (Å²) in [5.41, 5.74) is -0.173. The Morgan fingerprint density at radius 2 is 1.50 bits per heavy atom. The van der Waals surface area contributed by atoms with Gasteiger partial charge in [-0.25, -0.2) is 0 Å². The van der Waals surface area contributed by atoms with Crippen LogP contribution in [0.5, 0.6) is 0 Å².